The maximum Gasteiger partial charge on any atom is 0.236 e. The summed E-state index contributed by atoms with van der Waals surface area (Å²) in [6.45, 7) is 10.3. The van der Waals surface area contributed by atoms with Gasteiger partial charge in [-0.25, -0.2) is 0 Å². The maximum absolute atomic E-state index is 12.3. The van der Waals surface area contributed by atoms with Gasteiger partial charge in [0.1, 0.15) is 0 Å². The molecule has 1 atom stereocenters. The number of hydrogen-bond acceptors (Lipinski definition) is 3. The lowest BCUT2D eigenvalue weighted by atomic mass is 10.0. The van der Waals surface area contributed by atoms with E-state index in [4.69, 9.17) is 0 Å². The molecule has 1 aromatic rings. The van der Waals surface area contributed by atoms with E-state index in [1.54, 1.807) is 0 Å². The fourth-order valence-electron chi connectivity index (χ4n) is 2.87. The molecule has 0 saturated carbocycles. The van der Waals surface area contributed by atoms with Crippen molar-refractivity contribution in [3.63, 3.8) is 0 Å². The molecule has 1 unspecified atom stereocenters. The lowest BCUT2D eigenvalue weighted by Crippen LogP contribution is -2.49. The monoisotopic (exact) mass is 289 g/mol. The lowest BCUT2D eigenvalue weighted by Gasteiger charge is -2.31. The molecule has 1 fully saturated rings. The van der Waals surface area contributed by atoms with E-state index in [1.165, 1.54) is 16.7 Å². The van der Waals surface area contributed by atoms with Gasteiger partial charge in [0, 0.05) is 32.2 Å². The molecular weight excluding hydrogens is 262 g/mol. The molecule has 1 aliphatic rings. The fourth-order valence-corrected chi connectivity index (χ4v) is 2.87. The van der Waals surface area contributed by atoms with Crippen LogP contribution in [-0.4, -0.2) is 55.5 Å². The van der Waals surface area contributed by atoms with Crippen molar-refractivity contribution in [3.8, 4) is 0 Å². The molecule has 0 radical (unpaired) electrons. The van der Waals surface area contributed by atoms with Gasteiger partial charge in [0.15, 0.2) is 0 Å². The van der Waals surface area contributed by atoms with E-state index in [2.05, 4.69) is 49.2 Å². The summed E-state index contributed by atoms with van der Waals surface area (Å²) in [7, 11) is 2.03. The Morgan fingerprint density at radius 2 is 1.81 bits per heavy atom. The molecule has 1 aromatic carbocycles. The van der Waals surface area contributed by atoms with Crippen LogP contribution in [0.4, 0.5) is 0 Å². The summed E-state index contributed by atoms with van der Waals surface area (Å²) in [6, 6.07) is 6.85. The number of likely N-dealkylation sites (N-methyl/N-ethyl adjacent to an activating group) is 1. The predicted octanol–water partition coefficient (Wildman–Crippen LogP) is 1.73. The second kappa shape index (κ2) is 7.05. The minimum Gasteiger partial charge on any atom is -0.339 e. The number of rotatable bonds is 4. The minimum absolute atomic E-state index is 0.232. The molecule has 1 amide bonds. The Hall–Kier alpha value is -1.39. The number of amides is 1. The molecule has 4 nitrogen and oxygen atoms in total. The normalized spacial score (nSPS) is 17.1. The van der Waals surface area contributed by atoms with Gasteiger partial charge in [-0.15, -0.1) is 0 Å². The first kappa shape index (κ1) is 16.0. The average Bonchev–Trinajstić information content (AvgIpc) is 2.46. The van der Waals surface area contributed by atoms with Crippen LogP contribution in [-0.2, 0) is 4.79 Å². The number of carbonyl (C=O) groups is 1. The van der Waals surface area contributed by atoms with Crippen molar-refractivity contribution in [2.75, 3.05) is 39.8 Å². The van der Waals surface area contributed by atoms with Crippen molar-refractivity contribution in [2.45, 2.75) is 26.8 Å². The molecule has 21 heavy (non-hydrogen) atoms. The Bertz CT molecular complexity index is 475. The smallest absolute Gasteiger partial charge is 0.236 e. The van der Waals surface area contributed by atoms with Gasteiger partial charge in [-0.05, 0) is 33.4 Å². The molecule has 1 saturated heterocycles. The zero-order chi connectivity index (χ0) is 15.4. The highest BCUT2D eigenvalue weighted by Gasteiger charge is 2.20. The van der Waals surface area contributed by atoms with Crippen molar-refractivity contribution in [1.29, 1.82) is 0 Å². The molecule has 0 bridgehead atoms. The first-order valence-corrected chi connectivity index (χ1v) is 7.74. The quantitative estimate of drug-likeness (QED) is 0.917. The van der Waals surface area contributed by atoms with E-state index in [9.17, 15) is 4.79 Å². The molecule has 1 aliphatic heterocycles. The highest BCUT2D eigenvalue weighted by atomic mass is 16.2. The van der Waals surface area contributed by atoms with Gasteiger partial charge in [0.25, 0.3) is 0 Å². The molecule has 116 valence electrons. The molecule has 1 heterocycles. The third-order valence-corrected chi connectivity index (χ3v) is 4.24. The van der Waals surface area contributed by atoms with Crippen molar-refractivity contribution in [2.24, 2.45) is 0 Å². The van der Waals surface area contributed by atoms with Crippen LogP contribution in [0.1, 0.15) is 29.7 Å². The van der Waals surface area contributed by atoms with Gasteiger partial charge in [-0.2, -0.15) is 0 Å². The van der Waals surface area contributed by atoms with Crippen LogP contribution < -0.4 is 5.32 Å². The first-order valence-electron chi connectivity index (χ1n) is 7.74. The Morgan fingerprint density at radius 1 is 1.24 bits per heavy atom. The van der Waals surface area contributed by atoms with Gasteiger partial charge in [0.2, 0.25) is 5.91 Å². The van der Waals surface area contributed by atoms with E-state index in [0.29, 0.717) is 6.54 Å². The molecule has 0 spiro atoms. The summed E-state index contributed by atoms with van der Waals surface area (Å²) in [6.07, 6.45) is 0. The standard InChI is InChI=1S/C17H27N3O/c1-13-9-14(2)11-16(10-13)15(3)19(4)12-17(21)20-7-5-18-6-8-20/h9-11,15,18H,5-8,12H2,1-4H3. The fraction of sp³-hybridized carbons (Fsp3) is 0.588. The van der Waals surface area contributed by atoms with E-state index >= 15 is 0 Å². The topological polar surface area (TPSA) is 35.6 Å². The van der Waals surface area contributed by atoms with E-state index < -0.39 is 0 Å². The number of piperazine rings is 1. The molecule has 1 N–H and O–H groups in total. The number of benzene rings is 1. The largest absolute Gasteiger partial charge is 0.339 e. The summed E-state index contributed by atoms with van der Waals surface area (Å²) in [5.74, 6) is 0.232. The molecular formula is C17H27N3O. The number of nitrogens with zero attached hydrogens (tertiary/aromatic N) is 2. The zero-order valence-electron chi connectivity index (χ0n) is 13.6. The van der Waals surface area contributed by atoms with Gasteiger partial charge >= 0.3 is 0 Å². The van der Waals surface area contributed by atoms with Crippen molar-refractivity contribution >= 4 is 5.91 Å². The summed E-state index contributed by atoms with van der Waals surface area (Å²) in [5, 5.41) is 3.28. The third kappa shape index (κ3) is 4.29. The highest BCUT2D eigenvalue weighted by molar-refractivity contribution is 5.78. The van der Waals surface area contributed by atoms with Crippen LogP contribution in [0.2, 0.25) is 0 Å². The molecule has 0 aromatic heterocycles. The Kier molecular flexibility index (Phi) is 5.37. The summed E-state index contributed by atoms with van der Waals surface area (Å²) in [5.41, 5.74) is 3.83. The minimum atomic E-state index is 0.232. The number of nitrogens with one attached hydrogen (secondary N) is 1. The van der Waals surface area contributed by atoms with Gasteiger partial charge < -0.3 is 10.2 Å². The Labute approximate surface area is 128 Å². The van der Waals surface area contributed by atoms with Crippen molar-refractivity contribution in [1.82, 2.24) is 15.1 Å². The highest BCUT2D eigenvalue weighted by Crippen LogP contribution is 2.21. The van der Waals surface area contributed by atoms with Crippen LogP contribution in [0, 0.1) is 13.8 Å². The zero-order valence-corrected chi connectivity index (χ0v) is 13.6. The van der Waals surface area contributed by atoms with E-state index in [1.807, 2.05) is 11.9 Å². The molecule has 4 heteroatoms. The Morgan fingerprint density at radius 3 is 2.38 bits per heavy atom. The van der Waals surface area contributed by atoms with Gasteiger partial charge in [-0.3, -0.25) is 9.69 Å². The third-order valence-electron chi connectivity index (χ3n) is 4.24. The summed E-state index contributed by atoms with van der Waals surface area (Å²) < 4.78 is 0. The number of aryl methyl sites for hydroxylation is 2. The van der Waals surface area contributed by atoms with Crippen molar-refractivity contribution < 1.29 is 4.79 Å². The van der Waals surface area contributed by atoms with Gasteiger partial charge in [-0.1, -0.05) is 29.3 Å². The average molecular weight is 289 g/mol. The first-order chi connectivity index (χ1) is 9.97. The molecule has 2 rings (SSSR count). The van der Waals surface area contributed by atoms with Crippen LogP contribution >= 0.6 is 0 Å². The van der Waals surface area contributed by atoms with Crippen molar-refractivity contribution in [3.05, 3.63) is 34.9 Å². The van der Waals surface area contributed by atoms with E-state index in [0.717, 1.165) is 26.2 Å². The number of carbonyl (C=O) groups excluding carboxylic acids is 1. The SMILES string of the molecule is Cc1cc(C)cc(C(C)N(C)CC(=O)N2CCNCC2)c1. The molecule has 0 aliphatic carbocycles. The van der Waals surface area contributed by atoms with Crippen LogP contribution in [0.5, 0.6) is 0 Å². The van der Waals surface area contributed by atoms with Crippen LogP contribution in [0.3, 0.4) is 0 Å². The summed E-state index contributed by atoms with van der Waals surface area (Å²) in [4.78, 5) is 16.4. The Balaban J connectivity index is 1.98. The second-order valence-corrected chi connectivity index (χ2v) is 6.14. The van der Waals surface area contributed by atoms with Crippen LogP contribution in [0.25, 0.3) is 0 Å². The summed E-state index contributed by atoms with van der Waals surface area (Å²) >= 11 is 0. The van der Waals surface area contributed by atoms with Gasteiger partial charge in [0.05, 0.1) is 6.54 Å². The maximum atomic E-state index is 12.3. The number of hydrogen-bond donors (Lipinski definition) is 1. The second-order valence-electron chi connectivity index (χ2n) is 6.14. The van der Waals surface area contributed by atoms with Crippen LogP contribution in [0.15, 0.2) is 18.2 Å². The van der Waals surface area contributed by atoms with E-state index in [-0.39, 0.29) is 11.9 Å². The lowest BCUT2D eigenvalue weighted by molar-refractivity contribution is -0.133. The predicted molar refractivity (Wildman–Crippen MR) is 86.4 cm³/mol.